The summed E-state index contributed by atoms with van der Waals surface area (Å²) in [6.45, 7) is 3.87. The first kappa shape index (κ1) is 7.11. The van der Waals surface area contributed by atoms with Crippen molar-refractivity contribution < 1.29 is 5.11 Å². The molecule has 0 amide bonds. The van der Waals surface area contributed by atoms with Gasteiger partial charge < -0.3 is 5.11 Å². The lowest BCUT2D eigenvalue weighted by molar-refractivity contribution is 0.0564. The summed E-state index contributed by atoms with van der Waals surface area (Å²) in [4.78, 5) is 0. The van der Waals surface area contributed by atoms with Gasteiger partial charge in [-0.25, -0.2) is 0 Å². The van der Waals surface area contributed by atoms with Gasteiger partial charge in [-0.15, -0.1) is 0 Å². The Balaban J connectivity index is 2.14. The van der Waals surface area contributed by atoms with Gasteiger partial charge in [-0.1, -0.05) is 24.3 Å². The first-order valence-electron chi connectivity index (χ1n) is 4.30. The van der Waals surface area contributed by atoms with Crippen molar-refractivity contribution in [1.82, 2.24) is 0 Å². The zero-order valence-electron chi connectivity index (χ0n) is 6.71. The molecule has 0 saturated heterocycles. The fraction of sp³-hybridized carbons (Fsp3) is 0.600. The summed E-state index contributed by atoms with van der Waals surface area (Å²) in [5.41, 5.74) is 0.703. The lowest BCUT2D eigenvalue weighted by atomic mass is 9.86. The maximum atomic E-state index is 10.0. The number of allylic oxidation sites excluding steroid dienone is 1. The molecule has 0 aromatic carbocycles. The monoisotopic (exact) mass is 150 g/mol. The van der Waals surface area contributed by atoms with Gasteiger partial charge in [0.05, 0.1) is 5.60 Å². The number of aliphatic hydroxyl groups is 1. The van der Waals surface area contributed by atoms with E-state index in [1.54, 1.807) is 0 Å². The number of rotatable bonds is 1. The van der Waals surface area contributed by atoms with Crippen LogP contribution < -0.4 is 0 Å². The minimum absolute atomic E-state index is 0.374. The second-order valence-electron chi connectivity index (χ2n) is 3.70. The van der Waals surface area contributed by atoms with Crippen LogP contribution in [0.4, 0.5) is 0 Å². The molecular weight excluding hydrogens is 136 g/mol. The Morgan fingerprint density at radius 2 is 2.36 bits per heavy atom. The lowest BCUT2D eigenvalue weighted by Crippen LogP contribution is -2.30. The van der Waals surface area contributed by atoms with Gasteiger partial charge in [0.2, 0.25) is 0 Å². The molecule has 2 rings (SSSR count). The smallest absolute Gasteiger partial charge is 0.0895 e. The Labute approximate surface area is 67.4 Å². The highest BCUT2D eigenvalue weighted by Crippen LogP contribution is 2.48. The second-order valence-corrected chi connectivity index (χ2v) is 3.70. The summed E-state index contributed by atoms with van der Waals surface area (Å²) >= 11 is 0. The van der Waals surface area contributed by atoms with Gasteiger partial charge in [-0.3, -0.25) is 0 Å². The highest BCUT2D eigenvalue weighted by atomic mass is 16.3. The van der Waals surface area contributed by atoms with Crippen LogP contribution in [-0.4, -0.2) is 10.7 Å². The molecule has 0 spiro atoms. The molecule has 1 saturated carbocycles. The summed E-state index contributed by atoms with van der Waals surface area (Å²) < 4.78 is 0. The summed E-state index contributed by atoms with van der Waals surface area (Å²) in [5.74, 6) is 0.374. The van der Waals surface area contributed by atoms with Crippen LogP contribution in [0.1, 0.15) is 25.7 Å². The molecule has 0 aliphatic heterocycles. The van der Waals surface area contributed by atoms with Crippen LogP contribution in [0, 0.1) is 5.92 Å². The third kappa shape index (κ3) is 1.14. The molecule has 2 aliphatic carbocycles. The Morgan fingerprint density at radius 3 is 2.82 bits per heavy atom. The predicted molar refractivity (Wildman–Crippen MR) is 45.2 cm³/mol. The van der Waals surface area contributed by atoms with E-state index in [-0.39, 0.29) is 0 Å². The van der Waals surface area contributed by atoms with Crippen molar-refractivity contribution in [2.45, 2.75) is 31.3 Å². The van der Waals surface area contributed by atoms with E-state index in [2.05, 4.69) is 12.7 Å². The number of hydrogen-bond acceptors (Lipinski definition) is 1. The Morgan fingerprint density at radius 1 is 1.64 bits per heavy atom. The van der Waals surface area contributed by atoms with E-state index >= 15 is 0 Å². The molecule has 11 heavy (non-hydrogen) atoms. The van der Waals surface area contributed by atoms with E-state index < -0.39 is 5.60 Å². The molecular formula is C10H14O. The molecule has 0 aromatic rings. The van der Waals surface area contributed by atoms with Crippen molar-refractivity contribution in [2.24, 2.45) is 5.92 Å². The average molecular weight is 150 g/mol. The lowest BCUT2D eigenvalue weighted by Gasteiger charge is -2.26. The minimum atomic E-state index is -0.519. The van der Waals surface area contributed by atoms with Crippen LogP contribution in [0.25, 0.3) is 0 Å². The third-order valence-electron chi connectivity index (χ3n) is 2.76. The summed E-state index contributed by atoms with van der Waals surface area (Å²) in [5, 5.41) is 10.0. The van der Waals surface area contributed by atoms with E-state index in [0.29, 0.717) is 5.92 Å². The van der Waals surface area contributed by atoms with E-state index in [1.807, 2.05) is 6.08 Å². The van der Waals surface area contributed by atoms with Gasteiger partial charge >= 0.3 is 0 Å². The van der Waals surface area contributed by atoms with Crippen LogP contribution in [-0.2, 0) is 0 Å². The van der Waals surface area contributed by atoms with Crippen molar-refractivity contribution in [3.8, 4) is 0 Å². The van der Waals surface area contributed by atoms with E-state index in [4.69, 9.17) is 0 Å². The number of hydrogen-bond donors (Lipinski definition) is 1. The summed E-state index contributed by atoms with van der Waals surface area (Å²) in [7, 11) is 0. The Kier molecular flexibility index (Phi) is 1.43. The topological polar surface area (TPSA) is 20.2 Å². The second kappa shape index (κ2) is 2.21. The van der Waals surface area contributed by atoms with Crippen molar-refractivity contribution >= 4 is 0 Å². The first-order chi connectivity index (χ1) is 5.22. The molecule has 0 aromatic heterocycles. The molecule has 1 fully saturated rings. The Bertz CT molecular complexity index is 217. The van der Waals surface area contributed by atoms with Gasteiger partial charge in [0.1, 0.15) is 0 Å². The fourth-order valence-electron chi connectivity index (χ4n) is 1.90. The molecule has 1 nitrogen and oxygen atoms in total. The zero-order valence-corrected chi connectivity index (χ0v) is 6.71. The van der Waals surface area contributed by atoms with Gasteiger partial charge in [-0.05, 0) is 25.7 Å². The van der Waals surface area contributed by atoms with E-state index in [9.17, 15) is 5.11 Å². The fourth-order valence-corrected chi connectivity index (χ4v) is 1.90. The molecule has 0 heterocycles. The molecule has 2 unspecified atom stereocenters. The molecule has 2 aliphatic rings. The van der Waals surface area contributed by atoms with Gasteiger partial charge in [0, 0.05) is 5.92 Å². The van der Waals surface area contributed by atoms with Crippen LogP contribution in [0.5, 0.6) is 0 Å². The summed E-state index contributed by atoms with van der Waals surface area (Å²) in [6.07, 6.45) is 8.26. The van der Waals surface area contributed by atoms with Crippen molar-refractivity contribution in [3.63, 3.8) is 0 Å². The molecule has 1 heteroatoms. The normalized spacial score (nSPS) is 42.6. The van der Waals surface area contributed by atoms with Crippen LogP contribution in [0.2, 0.25) is 0 Å². The maximum Gasteiger partial charge on any atom is 0.0895 e. The van der Waals surface area contributed by atoms with Crippen LogP contribution in [0.3, 0.4) is 0 Å². The molecule has 2 atom stereocenters. The largest absolute Gasteiger partial charge is 0.385 e. The van der Waals surface area contributed by atoms with E-state index in [1.165, 1.54) is 5.57 Å². The molecule has 0 bridgehead atoms. The first-order valence-corrected chi connectivity index (χ1v) is 4.30. The van der Waals surface area contributed by atoms with E-state index in [0.717, 1.165) is 25.7 Å². The maximum absolute atomic E-state index is 10.0. The Hall–Kier alpha value is -0.560. The SMILES string of the molecule is C=C1CC1C1(O)C=CCCC1. The van der Waals surface area contributed by atoms with Crippen molar-refractivity contribution in [2.75, 3.05) is 0 Å². The van der Waals surface area contributed by atoms with Gasteiger partial charge in [0.25, 0.3) is 0 Å². The van der Waals surface area contributed by atoms with Gasteiger partial charge in [-0.2, -0.15) is 0 Å². The zero-order chi connectivity index (χ0) is 7.90. The quantitative estimate of drug-likeness (QED) is 0.567. The highest BCUT2D eigenvalue weighted by molar-refractivity contribution is 5.29. The average Bonchev–Trinajstić information content (AvgIpc) is 2.69. The minimum Gasteiger partial charge on any atom is -0.385 e. The highest BCUT2D eigenvalue weighted by Gasteiger charge is 2.45. The van der Waals surface area contributed by atoms with Crippen molar-refractivity contribution in [1.29, 1.82) is 0 Å². The molecule has 60 valence electrons. The molecule has 1 N–H and O–H groups in total. The standard InChI is InChI=1S/C10H14O/c1-8-7-9(8)10(11)5-3-2-4-6-10/h3,5,9,11H,1-2,4,6-7H2. The van der Waals surface area contributed by atoms with Crippen LogP contribution >= 0.6 is 0 Å². The predicted octanol–water partition coefficient (Wildman–Crippen LogP) is 2.03. The van der Waals surface area contributed by atoms with Crippen LogP contribution in [0.15, 0.2) is 24.3 Å². The van der Waals surface area contributed by atoms with Gasteiger partial charge in [0.15, 0.2) is 0 Å². The third-order valence-corrected chi connectivity index (χ3v) is 2.76. The van der Waals surface area contributed by atoms with Crippen molar-refractivity contribution in [3.05, 3.63) is 24.3 Å². The summed E-state index contributed by atoms with van der Waals surface area (Å²) in [6, 6.07) is 0. The molecule has 0 radical (unpaired) electrons.